The normalized spacial score (nSPS) is 13.7. The van der Waals surface area contributed by atoms with E-state index in [0.29, 0.717) is 17.2 Å². The molecule has 0 radical (unpaired) electrons. The van der Waals surface area contributed by atoms with Crippen LogP contribution >= 0.6 is 0 Å². The summed E-state index contributed by atoms with van der Waals surface area (Å²) in [6.45, 7) is 3.13. The average Bonchev–Trinajstić information content (AvgIpc) is 2.56. The molecule has 1 aromatic carbocycles. The largest absolute Gasteiger partial charge is 0.372 e. The maximum Gasteiger partial charge on any atom is 0.372 e. The van der Waals surface area contributed by atoms with Crippen LogP contribution in [0.2, 0.25) is 0 Å². The molecule has 0 saturated carbocycles. The molecule has 10 nitrogen and oxygen atoms in total. The first-order chi connectivity index (χ1) is 11.7. The lowest BCUT2D eigenvalue weighted by atomic mass is 9.98. The summed E-state index contributed by atoms with van der Waals surface area (Å²) in [5.41, 5.74) is -0.790. The Bertz CT molecular complexity index is 872. The van der Waals surface area contributed by atoms with Crippen molar-refractivity contribution in [1.82, 2.24) is 0 Å². The van der Waals surface area contributed by atoms with Crippen LogP contribution in [0, 0.1) is 20.2 Å². The highest BCUT2D eigenvalue weighted by molar-refractivity contribution is 6.21. The Morgan fingerprint density at radius 3 is 2.20 bits per heavy atom. The molecule has 10 heteroatoms. The Balaban J connectivity index is 2.30. The third-order valence-corrected chi connectivity index (χ3v) is 3.29. The molecular formula is C15H11N3O7. The number of nitrogens with zero attached hydrogens (tertiary/aromatic N) is 3. The van der Waals surface area contributed by atoms with E-state index in [1.54, 1.807) is 13.8 Å². The SMILES string of the molecule is CC1=CC(=NOC(=O)c2ccc([N+](=O)[O-])cc2[N+](=O)[O-])C=C(C)C1=O. The van der Waals surface area contributed by atoms with Crippen molar-refractivity contribution >= 4 is 28.8 Å². The van der Waals surface area contributed by atoms with Crippen molar-refractivity contribution in [3.63, 3.8) is 0 Å². The van der Waals surface area contributed by atoms with Crippen molar-refractivity contribution < 1.29 is 24.3 Å². The maximum absolute atomic E-state index is 12.0. The number of nitro benzene ring substituents is 2. The fourth-order valence-electron chi connectivity index (χ4n) is 2.08. The Hall–Kier alpha value is -3.69. The summed E-state index contributed by atoms with van der Waals surface area (Å²) < 4.78 is 0. The molecule has 0 heterocycles. The zero-order valence-corrected chi connectivity index (χ0v) is 13.1. The van der Waals surface area contributed by atoms with Crippen LogP contribution in [-0.4, -0.2) is 27.3 Å². The first-order valence-electron chi connectivity index (χ1n) is 6.84. The number of hydrogen-bond donors (Lipinski definition) is 0. The lowest BCUT2D eigenvalue weighted by molar-refractivity contribution is -0.394. The van der Waals surface area contributed by atoms with Gasteiger partial charge in [-0.05, 0) is 43.2 Å². The lowest BCUT2D eigenvalue weighted by Gasteiger charge is -2.08. The smallest absolute Gasteiger partial charge is 0.312 e. The highest BCUT2D eigenvalue weighted by Crippen LogP contribution is 2.25. The summed E-state index contributed by atoms with van der Waals surface area (Å²) in [5.74, 6) is -1.32. The fraction of sp³-hybridized carbons (Fsp3) is 0.133. The summed E-state index contributed by atoms with van der Waals surface area (Å²) in [6, 6.07) is 2.53. The number of Topliss-reactive ketones (excluding diaryl/α,β-unsaturated/α-hetero) is 1. The summed E-state index contributed by atoms with van der Waals surface area (Å²) in [6.07, 6.45) is 2.79. The van der Waals surface area contributed by atoms with Gasteiger partial charge < -0.3 is 4.84 Å². The highest BCUT2D eigenvalue weighted by atomic mass is 16.7. The van der Waals surface area contributed by atoms with Crippen LogP contribution in [-0.2, 0) is 9.63 Å². The van der Waals surface area contributed by atoms with Crippen LogP contribution in [0.15, 0.2) is 46.7 Å². The molecule has 0 amide bonds. The number of ketones is 1. The number of hydrogen-bond acceptors (Lipinski definition) is 8. The summed E-state index contributed by atoms with van der Waals surface area (Å²) in [5, 5.41) is 25.3. The van der Waals surface area contributed by atoms with Crippen LogP contribution in [0.3, 0.4) is 0 Å². The van der Waals surface area contributed by atoms with Gasteiger partial charge in [-0.25, -0.2) is 4.79 Å². The number of rotatable bonds is 4. The van der Waals surface area contributed by atoms with Crippen molar-refractivity contribution in [1.29, 1.82) is 0 Å². The number of oxime groups is 1. The van der Waals surface area contributed by atoms with E-state index in [1.807, 2.05) is 0 Å². The van der Waals surface area contributed by atoms with E-state index < -0.39 is 32.8 Å². The van der Waals surface area contributed by atoms with Gasteiger partial charge in [0.15, 0.2) is 5.78 Å². The van der Waals surface area contributed by atoms with E-state index >= 15 is 0 Å². The average molecular weight is 345 g/mol. The quantitative estimate of drug-likeness (QED) is 0.353. The van der Waals surface area contributed by atoms with Crippen LogP contribution in [0.5, 0.6) is 0 Å². The summed E-state index contributed by atoms with van der Waals surface area (Å²) in [4.78, 5) is 48.2. The number of allylic oxidation sites excluding steroid dienone is 4. The molecule has 128 valence electrons. The van der Waals surface area contributed by atoms with Gasteiger partial charge in [0, 0.05) is 6.07 Å². The minimum absolute atomic E-state index is 0.170. The molecule has 0 aromatic heterocycles. The molecule has 0 spiro atoms. The predicted octanol–water partition coefficient (Wildman–Crippen LogP) is 2.49. The number of non-ortho nitro benzene ring substituents is 1. The number of carbonyl (C=O) groups excluding carboxylic acids is 2. The van der Waals surface area contributed by atoms with Gasteiger partial charge in [-0.1, -0.05) is 5.16 Å². The molecule has 0 N–H and O–H groups in total. The van der Waals surface area contributed by atoms with E-state index in [1.165, 1.54) is 12.2 Å². The fourth-order valence-corrected chi connectivity index (χ4v) is 2.08. The Morgan fingerprint density at radius 1 is 1.08 bits per heavy atom. The third kappa shape index (κ3) is 3.80. The summed E-state index contributed by atoms with van der Waals surface area (Å²) >= 11 is 0. The van der Waals surface area contributed by atoms with Gasteiger partial charge in [0.2, 0.25) is 0 Å². The standard InChI is InChI=1S/C15H11N3O7/c1-8-5-10(6-9(2)14(8)19)16-25-15(20)12-4-3-11(17(21)22)7-13(12)18(23)24/h3-7H,1-2H3. The van der Waals surface area contributed by atoms with Crippen LogP contribution in [0.4, 0.5) is 11.4 Å². The molecule has 2 rings (SSSR count). The minimum atomic E-state index is -1.15. The topological polar surface area (TPSA) is 142 Å². The van der Waals surface area contributed by atoms with E-state index in [4.69, 9.17) is 0 Å². The van der Waals surface area contributed by atoms with Gasteiger partial charge in [-0.2, -0.15) is 0 Å². The van der Waals surface area contributed by atoms with Crippen molar-refractivity contribution in [3.8, 4) is 0 Å². The molecule has 0 aliphatic heterocycles. The maximum atomic E-state index is 12.0. The molecular weight excluding hydrogens is 334 g/mol. The Kier molecular flexibility index (Phi) is 4.82. The summed E-state index contributed by atoms with van der Waals surface area (Å²) in [7, 11) is 0. The number of nitro groups is 2. The molecule has 0 unspecified atom stereocenters. The minimum Gasteiger partial charge on any atom is -0.312 e. The van der Waals surface area contributed by atoms with Crippen LogP contribution in [0.25, 0.3) is 0 Å². The van der Waals surface area contributed by atoms with E-state index in [-0.39, 0.29) is 11.5 Å². The van der Waals surface area contributed by atoms with E-state index in [9.17, 15) is 29.8 Å². The van der Waals surface area contributed by atoms with Crippen LogP contribution in [0.1, 0.15) is 24.2 Å². The third-order valence-electron chi connectivity index (χ3n) is 3.29. The monoisotopic (exact) mass is 345 g/mol. The van der Waals surface area contributed by atoms with E-state index in [2.05, 4.69) is 9.99 Å². The first-order valence-corrected chi connectivity index (χ1v) is 6.84. The molecule has 0 atom stereocenters. The van der Waals surface area contributed by atoms with Gasteiger partial charge in [-0.3, -0.25) is 25.0 Å². The van der Waals surface area contributed by atoms with Gasteiger partial charge in [0.1, 0.15) is 11.3 Å². The highest BCUT2D eigenvalue weighted by Gasteiger charge is 2.25. The molecule has 1 aliphatic rings. The molecule has 1 aromatic rings. The Labute approximate surface area is 140 Å². The van der Waals surface area contributed by atoms with Crippen molar-refractivity contribution in [2.45, 2.75) is 13.8 Å². The molecule has 0 bridgehead atoms. The van der Waals surface area contributed by atoms with E-state index in [0.717, 1.165) is 12.1 Å². The zero-order chi connectivity index (χ0) is 18.7. The van der Waals surface area contributed by atoms with Gasteiger partial charge in [0.05, 0.1) is 15.9 Å². The number of benzene rings is 1. The van der Waals surface area contributed by atoms with Crippen molar-refractivity contribution in [2.24, 2.45) is 5.16 Å². The second kappa shape index (κ2) is 6.83. The first kappa shape index (κ1) is 17.7. The lowest BCUT2D eigenvalue weighted by Crippen LogP contribution is -2.12. The Morgan fingerprint density at radius 2 is 1.68 bits per heavy atom. The van der Waals surface area contributed by atoms with Crippen LogP contribution < -0.4 is 0 Å². The molecule has 0 saturated heterocycles. The predicted molar refractivity (Wildman–Crippen MR) is 85.1 cm³/mol. The van der Waals surface area contributed by atoms with Crippen molar-refractivity contribution in [3.05, 3.63) is 67.3 Å². The second-order valence-corrected chi connectivity index (χ2v) is 5.09. The second-order valence-electron chi connectivity index (χ2n) is 5.09. The molecule has 25 heavy (non-hydrogen) atoms. The van der Waals surface area contributed by atoms with Crippen molar-refractivity contribution in [2.75, 3.05) is 0 Å². The number of carbonyl (C=O) groups is 2. The van der Waals surface area contributed by atoms with Gasteiger partial charge >= 0.3 is 5.97 Å². The molecule has 1 aliphatic carbocycles. The molecule has 0 fully saturated rings. The van der Waals surface area contributed by atoms with Gasteiger partial charge in [0.25, 0.3) is 11.4 Å². The zero-order valence-electron chi connectivity index (χ0n) is 13.1. The van der Waals surface area contributed by atoms with Gasteiger partial charge in [-0.15, -0.1) is 0 Å².